The number of ether oxygens (including phenoxy) is 1. The molecule has 0 radical (unpaired) electrons. The van der Waals surface area contributed by atoms with Crippen LogP contribution in [-0.2, 0) is 9.53 Å². The molecule has 1 fully saturated rings. The van der Waals surface area contributed by atoms with Crippen molar-refractivity contribution in [1.29, 1.82) is 0 Å². The number of carbonyl (C=O) groups is 1. The van der Waals surface area contributed by atoms with Gasteiger partial charge in [0.25, 0.3) is 0 Å². The molecule has 0 aromatic heterocycles. The van der Waals surface area contributed by atoms with Crippen molar-refractivity contribution in [2.75, 3.05) is 6.61 Å². The van der Waals surface area contributed by atoms with Crippen LogP contribution in [0.3, 0.4) is 0 Å². The summed E-state index contributed by atoms with van der Waals surface area (Å²) in [6, 6.07) is 0. The molecule has 0 aromatic rings. The van der Waals surface area contributed by atoms with Gasteiger partial charge in [-0.1, -0.05) is 0 Å². The van der Waals surface area contributed by atoms with E-state index >= 15 is 0 Å². The van der Waals surface area contributed by atoms with Crippen LogP contribution >= 0.6 is 0 Å². The van der Waals surface area contributed by atoms with E-state index in [0.717, 1.165) is 0 Å². The maximum absolute atomic E-state index is 10.7. The minimum Gasteiger partial charge on any atom is -0.462 e. The van der Waals surface area contributed by atoms with E-state index in [1.807, 2.05) is 0 Å². The topological polar surface area (TPSA) is 66.8 Å². The van der Waals surface area contributed by atoms with Gasteiger partial charge in [-0.3, -0.25) is 4.79 Å². The largest absolute Gasteiger partial charge is 0.462 e. The third-order valence-electron chi connectivity index (χ3n) is 1.69. The fourth-order valence-corrected chi connectivity index (χ4v) is 1.18. The van der Waals surface area contributed by atoms with Crippen LogP contribution in [0.5, 0.6) is 0 Å². The van der Waals surface area contributed by atoms with Gasteiger partial charge in [0.1, 0.15) is 6.10 Å². The van der Waals surface area contributed by atoms with Crippen LogP contribution in [0.25, 0.3) is 0 Å². The van der Waals surface area contributed by atoms with Crippen LogP contribution in [0.1, 0.15) is 19.3 Å². The molecule has 0 aromatic carbocycles. The van der Waals surface area contributed by atoms with Crippen LogP contribution in [0.15, 0.2) is 0 Å². The molecule has 64 valence electrons. The van der Waals surface area contributed by atoms with Crippen LogP contribution in [0.2, 0.25) is 0 Å². The van der Waals surface area contributed by atoms with E-state index in [1.165, 1.54) is 0 Å². The highest BCUT2D eigenvalue weighted by Gasteiger charge is 2.26. The second kappa shape index (κ2) is 3.69. The molecular weight excluding hydrogens is 148 g/mol. The number of aliphatic hydroxyl groups excluding tert-OH is 2. The SMILES string of the molecule is O=C1CC(O)CC(CCO)O1. The second-order valence-electron chi connectivity index (χ2n) is 2.72. The normalized spacial score (nSPS) is 31.6. The zero-order chi connectivity index (χ0) is 8.27. The molecule has 1 saturated heterocycles. The summed E-state index contributed by atoms with van der Waals surface area (Å²) < 4.78 is 4.84. The predicted octanol–water partition coefficient (Wildman–Crippen LogP) is -0.565. The molecule has 0 bridgehead atoms. The highest BCUT2D eigenvalue weighted by molar-refractivity contribution is 5.70. The van der Waals surface area contributed by atoms with E-state index in [0.29, 0.717) is 12.8 Å². The Hall–Kier alpha value is -0.610. The Kier molecular flexibility index (Phi) is 2.84. The summed E-state index contributed by atoms with van der Waals surface area (Å²) in [7, 11) is 0. The van der Waals surface area contributed by atoms with Gasteiger partial charge in [-0.2, -0.15) is 0 Å². The lowest BCUT2D eigenvalue weighted by Gasteiger charge is -2.25. The minimum absolute atomic E-state index is 0.00926. The van der Waals surface area contributed by atoms with Crippen molar-refractivity contribution >= 4 is 5.97 Å². The number of aliphatic hydroxyl groups is 2. The van der Waals surface area contributed by atoms with Crippen LogP contribution in [0.4, 0.5) is 0 Å². The smallest absolute Gasteiger partial charge is 0.308 e. The van der Waals surface area contributed by atoms with E-state index in [9.17, 15) is 4.79 Å². The number of hydrogen-bond donors (Lipinski definition) is 2. The summed E-state index contributed by atoms with van der Waals surface area (Å²) in [6.45, 7) is -0.00926. The zero-order valence-corrected chi connectivity index (χ0v) is 6.19. The summed E-state index contributed by atoms with van der Waals surface area (Å²) >= 11 is 0. The van der Waals surface area contributed by atoms with Crippen LogP contribution in [-0.4, -0.2) is 35.0 Å². The molecule has 4 nitrogen and oxygen atoms in total. The van der Waals surface area contributed by atoms with Crippen molar-refractivity contribution in [1.82, 2.24) is 0 Å². The zero-order valence-electron chi connectivity index (χ0n) is 6.19. The summed E-state index contributed by atoms with van der Waals surface area (Å²) in [5.41, 5.74) is 0. The number of esters is 1. The summed E-state index contributed by atoms with van der Waals surface area (Å²) in [5, 5.41) is 17.6. The van der Waals surface area contributed by atoms with Gasteiger partial charge in [-0.05, 0) is 0 Å². The lowest BCUT2D eigenvalue weighted by Crippen LogP contribution is -2.33. The highest BCUT2D eigenvalue weighted by Crippen LogP contribution is 2.16. The Morgan fingerprint density at radius 1 is 1.64 bits per heavy atom. The molecule has 1 heterocycles. The number of carbonyl (C=O) groups excluding carboxylic acids is 1. The second-order valence-corrected chi connectivity index (χ2v) is 2.72. The van der Waals surface area contributed by atoms with Gasteiger partial charge in [0, 0.05) is 19.4 Å². The Labute approximate surface area is 64.8 Å². The summed E-state index contributed by atoms with van der Waals surface area (Å²) in [4.78, 5) is 10.7. The third-order valence-corrected chi connectivity index (χ3v) is 1.69. The van der Waals surface area contributed by atoms with E-state index < -0.39 is 6.10 Å². The molecule has 2 N–H and O–H groups in total. The quantitative estimate of drug-likeness (QED) is 0.531. The molecule has 0 aliphatic carbocycles. The average Bonchev–Trinajstić information content (AvgIpc) is 1.85. The minimum atomic E-state index is -0.590. The van der Waals surface area contributed by atoms with E-state index in [2.05, 4.69) is 0 Å². The third kappa shape index (κ3) is 2.48. The Bertz CT molecular complexity index is 145. The molecule has 1 aliphatic heterocycles. The van der Waals surface area contributed by atoms with Crippen LogP contribution in [0, 0.1) is 0 Å². The van der Waals surface area contributed by atoms with Gasteiger partial charge < -0.3 is 14.9 Å². The number of hydrogen-bond acceptors (Lipinski definition) is 4. The van der Waals surface area contributed by atoms with Crippen molar-refractivity contribution in [3.63, 3.8) is 0 Å². The van der Waals surface area contributed by atoms with E-state index in [-0.39, 0.29) is 25.1 Å². The Morgan fingerprint density at radius 3 is 2.91 bits per heavy atom. The van der Waals surface area contributed by atoms with Gasteiger partial charge in [-0.25, -0.2) is 0 Å². The first-order chi connectivity index (χ1) is 5.22. The monoisotopic (exact) mass is 160 g/mol. The first-order valence-corrected chi connectivity index (χ1v) is 3.70. The predicted molar refractivity (Wildman–Crippen MR) is 36.8 cm³/mol. The maximum Gasteiger partial charge on any atom is 0.308 e. The number of rotatable bonds is 2. The molecule has 4 heteroatoms. The van der Waals surface area contributed by atoms with E-state index in [1.54, 1.807) is 0 Å². The molecule has 2 atom stereocenters. The summed E-state index contributed by atoms with van der Waals surface area (Å²) in [6.07, 6.45) is 0.0702. The number of cyclic esters (lactones) is 1. The molecule has 0 amide bonds. The van der Waals surface area contributed by atoms with Crippen LogP contribution < -0.4 is 0 Å². The molecule has 2 unspecified atom stereocenters. The van der Waals surface area contributed by atoms with Crippen molar-refractivity contribution in [3.8, 4) is 0 Å². The lowest BCUT2D eigenvalue weighted by molar-refractivity contribution is -0.160. The van der Waals surface area contributed by atoms with Gasteiger partial charge in [0.05, 0.1) is 12.5 Å². The van der Waals surface area contributed by atoms with Gasteiger partial charge in [0.2, 0.25) is 0 Å². The van der Waals surface area contributed by atoms with Crippen molar-refractivity contribution in [3.05, 3.63) is 0 Å². The van der Waals surface area contributed by atoms with Crippen molar-refractivity contribution in [2.24, 2.45) is 0 Å². The van der Waals surface area contributed by atoms with Gasteiger partial charge >= 0.3 is 5.97 Å². The molecular formula is C7H12O4. The van der Waals surface area contributed by atoms with Crippen molar-refractivity contribution < 1.29 is 19.7 Å². The fraction of sp³-hybridized carbons (Fsp3) is 0.857. The van der Waals surface area contributed by atoms with Crippen molar-refractivity contribution in [2.45, 2.75) is 31.5 Å². The fourth-order valence-electron chi connectivity index (χ4n) is 1.18. The molecule has 11 heavy (non-hydrogen) atoms. The summed E-state index contributed by atoms with van der Waals surface area (Å²) in [5.74, 6) is -0.373. The highest BCUT2D eigenvalue weighted by atomic mass is 16.5. The molecule has 0 spiro atoms. The average molecular weight is 160 g/mol. The lowest BCUT2D eigenvalue weighted by atomic mass is 10.0. The molecule has 1 aliphatic rings. The Balaban J connectivity index is 2.36. The van der Waals surface area contributed by atoms with Gasteiger partial charge in [-0.15, -0.1) is 0 Å². The molecule has 1 rings (SSSR count). The maximum atomic E-state index is 10.7. The Morgan fingerprint density at radius 2 is 2.36 bits per heavy atom. The standard InChI is InChI=1S/C7H12O4/c8-2-1-6-3-5(9)4-7(10)11-6/h5-6,8-9H,1-4H2. The first kappa shape index (κ1) is 8.49. The van der Waals surface area contributed by atoms with E-state index in [4.69, 9.17) is 14.9 Å². The van der Waals surface area contributed by atoms with Gasteiger partial charge in [0.15, 0.2) is 0 Å². The first-order valence-electron chi connectivity index (χ1n) is 3.70. The molecule has 0 saturated carbocycles.